The molecule has 3 N–H and O–H groups in total. The molecule has 43 heavy (non-hydrogen) atoms. The van der Waals surface area contributed by atoms with Crippen LogP contribution in [0.1, 0.15) is 40.4 Å². The van der Waals surface area contributed by atoms with Crippen LogP contribution < -0.4 is 20.1 Å². The highest BCUT2D eigenvalue weighted by Gasteiger charge is 2.34. The summed E-state index contributed by atoms with van der Waals surface area (Å²) in [5.41, 5.74) is 0.428. The first-order valence-electron chi connectivity index (χ1n) is 13.4. The van der Waals surface area contributed by atoms with Gasteiger partial charge in [0.05, 0.1) is 24.9 Å². The molecular weight excluding hydrogens is 568 g/mol. The Bertz CT molecular complexity index is 1540. The van der Waals surface area contributed by atoms with Gasteiger partial charge in [0.25, 0.3) is 11.8 Å². The summed E-state index contributed by atoms with van der Waals surface area (Å²) in [6.45, 7) is 3.48. The predicted molar refractivity (Wildman–Crippen MR) is 153 cm³/mol. The van der Waals surface area contributed by atoms with Crippen molar-refractivity contribution < 1.29 is 36.6 Å². The number of nitrogens with zero attached hydrogens (tertiary/aromatic N) is 1. The minimum atomic E-state index is -4.92. The summed E-state index contributed by atoms with van der Waals surface area (Å²) in [5.74, 6) is -1.29. The van der Waals surface area contributed by atoms with Gasteiger partial charge in [-0.25, -0.2) is 4.39 Å². The number of nitrogens with one attached hydrogen (secondary N) is 3. The minimum absolute atomic E-state index is 0.00829. The minimum Gasteiger partial charge on any atom is -0.493 e. The average molecular weight is 599 g/mol. The van der Waals surface area contributed by atoms with E-state index in [-0.39, 0.29) is 35.8 Å². The van der Waals surface area contributed by atoms with Gasteiger partial charge < -0.3 is 30.4 Å². The predicted octanol–water partition coefficient (Wildman–Crippen LogP) is 5.93. The number of ether oxygens (including phenoxy) is 2. The highest BCUT2D eigenvalue weighted by atomic mass is 19.4. The molecule has 0 radical (unpaired) electrons. The van der Waals surface area contributed by atoms with Gasteiger partial charge in [-0.15, -0.1) is 0 Å². The van der Waals surface area contributed by atoms with E-state index in [0.29, 0.717) is 48.9 Å². The zero-order chi connectivity index (χ0) is 31.1. The lowest BCUT2D eigenvalue weighted by Crippen LogP contribution is -2.32. The van der Waals surface area contributed by atoms with E-state index in [1.807, 2.05) is 13.0 Å². The van der Waals surface area contributed by atoms with Crippen molar-refractivity contribution in [3.05, 3.63) is 101 Å². The summed E-state index contributed by atoms with van der Waals surface area (Å²) < 4.78 is 63.6. The van der Waals surface area contributed by atoms with E-state index in [2.05, 4.69) is 10.6 Å². The van der Waals surface area contributed by atoms with Crippen LogP contribution in [0.5, 0.6) is 11.5 Å². The molecule has 4 rings (SSSR count). The van der Waals surface area contributed by atoms with Gasteiger partial charge in [0.1, 0.15) is 5.82 Å². The van der Waals surface area contributed by atoms with Gasteiger partial charge in [0, 0.05) is 49.2 Å². The maximum Gasteiger partial charge on any atom is 0.419 e. The molecular formula is C31H30F4N4O4. The van der Waals surface area contributed by atoms with Gasteiger partial charge in [-0.3, -0.25) is 9.59 Å². The van der Waals surface area contributed by atoms with Crippen LogP contribution in [-0.4, -0.2) is 42.7 Å². The van der Waals surface area contributed by atoms with Crippen LogP contribution in [-0.2, 0) is 24.1 Å². The first kappa shape index (κ1) is 31.1. The Morgan fingerprint density at radius 3 is 2.37 bits per heavy atom. The maximum absolute atomic E-state index is 13.6. The summed E-state index contributed by atoms with van der Waals surface area (Å²) in [7, 11) is 1.55. The Morgan fingerprint density at radius 1 is 0.977 bits per heavy atom. The lowest BCUT2D eigenvalue weighted by Gasteiger charge is -2.27. The van der Waals surface area contributed by atoms with Crippen molar-refractivity contribution in [1.82, 2.24) is 10.2 Å². The molecule has 3 aromatic carbocycles. The summed E-state index contributed by atoms with van der Waals surface area (Å²) >= 11 is 0. The third kappa shape index (κ3) is 7.91. The fourth-order valence-corrected chi connectivity index (χ4v) is 4.43. The SMILES string of the molecule is CCOc1ccc(CNC(=O)c2ccc(CN3C=C(C(=O)Nc4ccc(F)c(C(F)(F)F)c4)C(=N)CC3)cc2)cc1OC. The lowest BCUT2D eigenvalue weighted by atomic mass is 10.0. The highest BCUT2D eigenvalue weighted by Crippen LogP contribution is 2.33. The first-order valence-corrected chi connectivity index (χ1v) is 13.4. The molecule has 1 aliphatic rings. The van der Waals surface area contributed by atoms with Gasteiger partial charge in [0.2, 0.25) is 0 Å². The number of carbonyl (C=O) groups is 2. The van der Waals surface area contributed by atoms with E-state index in [9.17, 15) is 27.2 Å². The van der Waals surface area contributed by atoms with Crippen molar-refractivity contribution in [2.24, 2.45) is 0 Å². The molecule has 0 fully saturated rings. The van der Waals surface area contributed by atoms with E-state index in [4.69, 9.17) is 14.9 Å². The van der Waals surface area contributed by atoms with Crippen molar-refractivity contribution in [3.63, 3.8) is 0 Å². The number of rotatable bonds is 10. The number of halogens is 4. The smallest absolute Gasteiger partial charge is 0.419 e. The van der Waals surface area contributed by atoms with Crippen molar-refractivity contribution >= 4 is 23.2 Å². The first-order chi connectivity index (χ1) is 20.5. The second-order valence-corrected chi connectivity index (χ2v) is 9.69. The van der Waals surface area contributed by atoms with Crippen molar-refractivity contribution in [2.45, 2.75) is 32.6 Å². The fourth-order valence-electron chi connectivity index (χ4n) is 4.43. The molecule has 1 heterocycles. The molecule has 0 unspecified atom stereocenters. The number of alkyl halides is 3. The van der Waals surface area contributed by atoms with Crippen LogP contribution in [0.2, 0.25) is 0 Å². The second-order valence-electron chi connectivity index (χ2n) is 9.69. The molecule has 2 amide bonds. The Balaban J connectivity index is 1.37. The molecule has 0 spiro atoms. The van der Waals surface area contributed by atoms with Gasteiger partial charge in [-0.2, -0.15) is 13.2 Å². The molecule has 0 saturated carbocycles. The maximum atomic E-state index is 13.6. The number of methoxy groups -OCH3 is 1. The fraction of sp³-hybridized carbons (Fsp3) is 0.258. The van der Waals surface area contributed by atoms with Crippen LogP contribution >= 0.6 is 0 Å². The van der Waals surface area contributed by atoms with Crippen LogP contribution in [0, 0.1) is 11.2 Å². The number of amides is 2. The van der Waals surface area contributed by atoms with Crippen molar-refractivity contribution in [1.29, 1.82) is 5.41 Å². The van der Waals surface area contributed by atoms with Crippen LogP contribution in [0.3, 0.4) is 0 Å². The molecule has 3 aromatic rings. The topological polar surface area (TPSA) is 104 Å². The molecule has 0 aromatic heterocycles. The summed E-state index contributed by atoms with van der Waals surface area (Å²) in [5, 5.41) is 13.4. The van der Waals surface area contributed by atoms with E-state index < -0.39 is 23.5 Å². The largest absolute Gasteiger partial charge is 0.493 e. The summed E-state index contributed by atoms with van der Waals surface area (Å²) in [6, 6.07) is 14.5. The third-order valence-electron chi connectivity index (χ3n) is 6.64. The molecule has 8 nitrogen and oxygen atoms in total. The number of hydrogen-bond acceptors (Lipinski definition) is 6. The zero-order valence-electron chi connectivity index (χ0n) is 23.5. The van der Waals surface area contributed by atoms with E-state index in [0.717, 1.165) is 17.2 Å². The van der Waals surface area contributed by atoms with Gasteiger partial charge in [0.15, 0.2) is 11.5 Å². The average Bonchev–Trinajstić information content (AvgIpc) is 2.98. The highest BCUT2D eigenvalue weighted by molar-refractivity contribution is 6.24. The zero-order valence-corrected chi connectivity index (χ0v) is 23.5. The van der Waals surface area contributed by atoms with Gasteiger partial charge in [-0.1, -0.05) is 18.2 Å². The van der Waals surface area contributed by atoms with Gasteiger partial charge >= 0.3 is 6.18 Å². The molecule has 0 atom stereocenters. The Labute approximate surface area is 245 Å². The van der Waals surface area contributed by atoms with Crippen molar-refractivity contribution in [2.75, 3.05) is 25.6 Å². The number of benzene rings is 3. The Kier molecular flexibility index (Phi) is 9.69. The molecule has 1 aliphatic heterocycles. The van der Waals surface area contributed by atoms with Crippen LogP contribution in [0.15, 0.2) is 72.4 Å². The number of hydrogen-bond donors (Lipinski definition) is 3. The summed E-state index contributed by atoms with van der Waals surface area (Å²) in [4.78, 5) is 27.3. The molecule has 12 heteroatoms. The third-order valence-corrected chi connectivity index (χ3v) is 6.64. The molecule has 226 valence electrons. The number of carbonyl (C=O) groups excluding carboxylic acids is 2. The standard InChI is InChI=1S/C31H30F4N4O4/c1-3-43-27-11-6-20(14-28(27)42-2)16-37-29(40)21-7-4-19(5-8-21)17-39-13-12-26(36)23(18-39)30(41)38-22-9-10-25(32)24(15-22)31(33,34)35/h4-11,14-15,18,36H,3,12-13,16-17H2,1-2H3,(H,37,40)(H,38,41). The van der Waals surface area contributed by atoms with Crippen molar-refractivity contribution in [3.8, 4) is 11.5 Å². The molecule has 0 aliphatic carbocycles. The quantitative estimate of drug-likeness (QED) is 0.251. The second kappa shape index (κ2) is 13.4. The lowest BCUT2D eigenvalue weighted by molar-refractivity contribution is -0.140. The Morgan fingerprint density at radius 2 is 1.70 bits per heavy atom. The van der Waals surface area contributed by atoms with E-state index >= 15 is 0 Å². The molecule has 0 saturated heterocycles. The summed E-state index contributed by atoms with van der Waals surface area (Å²) in [6.07, 6.45) is -3.20. The normalized spacial score (nSPS) is 13.3. The Hall–Kier alpha value is -4.87. The monoisotopic (exact) mass is 598 g/mol. The molecule has 0 bridgehead atoms. The van der Waals surface area contributed by atoms with Gasteiger partial charge in [-0.05, 0) is 60.5 Å². The number of anilines is 1. The van der Waals surface area contributed by atoms with E-state index in [1.165, 1.54) is 6.20 Å². The van der Waals surface area contributed by atoms with Crippen LogP contribution in [0.25, 0.3) is 0 Å². The van der Waals surface area contributed by atoms with E-state index in [1.54, 1.807) is 48.4 Å². The van der Waals surface area contributed by atoms with Crippen LogP contribution in [0.4, 0.5) is 23.2 Å².